The zero-order valence-electron chi connectivity index (χ0n) is 13.8. The van der Waals surface area contributed by atoms with Gasteiger partial charge in [-0.2, -0.15) is 0 Å². The Kier molecular flexibility index (Phi) is 5.26. The summed E-state index contributed by atoms with van der Waals surface area (Å²) in [5.41, 5.74) is 2.41. The monoisotopic (exact) mass is 337 g/mol. The smallest absolute Gasteiger partial charge is 0.319 e. The summed E-state index contributed by atoms with van der Waals surface area (Å²) in [7, 11) is 0. The molecule has 128 valence electrons. The minimum Gasteiger partial charge on any atom is -0.423 e. The topological polar surface area (TPSA) is 92.1 Å². The van der Waals surface area contributed by atoms with Crippen molar-refractivity contribution in [2.75, 3.05) is 17.2 Å². The molecule has 0 bridgehead atoms. The summed E-state index contributed by atoms with van der Waals surface area (Å²) in [6.07, 6.45) is 1.27. The predicted molar refractivity (Wildman–Crippen MR) is 96.3 cm³/mol. The fourth-order valence-electron chi connectivity index (χ4n) is 2.30. The zero-order chi connectivity index (χ0) is 17.5. The number of hydrogen-bond acceptors (Lipinski definition) is 5. The molecule has 0 unspecified atom stereocenters. The molecule has 0 saturated heterocycles. The highest BCUT2D eigenvalue weighted by Gasteiger charge is 2.09. The molecule has 0 radical (unpaired) electrons. The van der Waals surface area contributed by atoms with Crippen LogP contribution >= 0.6 is 0 Å². The Morgan fingerprint density at radius 3 is 2.68 bits per heavy atom. The maximum Gasteiger partial charge on any atom is 0.319 e. The molecule has 2 amide bonds. The first kappa shape index (κ1) is 16.5. The Morgan fingerprint density at radius 1 is 1.12 bits per heavy atom. The van der Waals surface area contributed by atoms with Crippen LogP contribution in [0.5, 0.6) is 0 Å². The number of nitrogens with one attached hydrogen (secondary N) is 3. The third kappa shape index (κ3) is 4.81. The third-order valence-electron chi connectivity index (χ3n) is 3.49. The van der Waals surface area contributed by atoms with E-state index in [1.54, 1.807) is 12.1 Å². The Morgan fingerprint density at radius 2 is 1.92 bits per heavy atom. The quantitative estimate of drug-likeness (QED) is 0.641. The predicted octanol–water partition coefficient (Wildman–Crippen LogP) is 3.36. The van der Waals surface area contributed by atoms with Crippen molar-refractivity contribution in [3.05, 3.63) is 61.0 Å². The lowest BCUT2D eigenvalue weighted by Crippen LogP contribution is -2.40. The van der Waals surface area contributed by atoms with Crippen molar-refractivity contribution < 1.29 is 9.21 Å². The van der Waals surface area contributed by atoms with Crippen LogP contribution in [0.2, 0.25) is 0 Å². The van der Waals surface area contributed by atoms with E-state index < -0.39 is 0 Å². The fraction of sp³-hybridized carbons (Fsp3) is 0.167. The molecule has 25 heavy (non-hydrogen) atoms. The van der Waals surface area contributed by atoms with Crippen molar-refractivity contribution in [3.63, 3.8) is 0 Å². The maximum absolute atomic E-state index is 12.1. The molecule has 3 aromatic rings. The van der Waals surface area contributed by atoms with Crippen LogP contribution in [0.15, 0.2) is 65.4 Å². The molecule has 0 aliphatic carbocycles. The number of carbonyl (C=O) groups excluding carboxylic acids is 1. The van der Waals surface area contributed by atoms with Crippen molar-refractivity contribution in [2.45, 2.75) is 13.0 Å². The summed E-state index contributed by atoms with van der Waals surface area (Å²) in [6.45, 7) is 2.56. The Labute approximate surface area is 145 Å². The number of anilines is 2. The van der Waals surface area contributed by atoms with Crippen molar-refractivity contribution in [1.29, 1.82) is 0 Å². The first-order valence-corrected chi connectivity index (χ1v) is 7.94. The molecular weight excluding hydrogens is 318 g/mol. The highest BCUT2D eigenvalue weighted by Crippen LogP contribution is 2.20. The van der Waals surface area contributed by atoms with Crippen LogP contribution in [0.3, 0.4) is 0 Å². The van der Waals surface area contributed by atoms with Crippen LogP contribution in [-0.2, 0) is 0 Å². The van der Waals surface area contributed by atoms with Crippen LogP contribution in [0.25, 0.3) is 11.5 Å². The van der Waals surface area contributed by atoms with Crippen molar-refractivity contribution in [2.24, 2.45) is 0 Å². The molecule has 0 fully saturated rings. The number of benzene rings is 2. The van der Waals surface area contributed by atoms with Gasteiger partial charge in [-0.05, 0) is 37.3 Å². The van der Waals surface area contributed by atoms with Gasteiger partial charge in [0.1, 0.15) is 0 Å². The van der Waals surface area contributed by atoms with Crippen molar-refractivity contribution >= 4 is 17.4 Å². The Bertz CT molecular complexity index is 805. The van der Waals surface area contributed by atoms with Gasteiger partial charge in [-0.1, -0.05) is 24.3 Å². The third-order valence-corrected chi connectivity index (χ3v) is 3.49. The van der Waals surface area contributed by atoms with Gasteiger partial charge in [0.25, 0.3) is 0 Å². The lowest BCUT2D eigenvalue weighted by Gasteiger charge is -2.16. The first-order chi connectivity index (χ1) is 12.2. The van der Waals surface area contributed by atoms with Crippen LogP contribution in [-0.4, -0.2) is 28.8 Å². The molecule has 0 aliphatic rings. The molecule has 2 aromatic carbocycles. The maximum atomic E-state index is 12.1. The van der Waals surface area contributed by atoms with Gasteiger partial charge >= 0.3 is 6.03 Å². The minimum absolute atomic E-state index is 0.0423. The number of urea groups is 1. The minimum atomic E-state index is -0.273. The van der Waals surface area contributed by atoms with Gasteiger partial charge in [-0.15, -0.1) is 10.2 Å². The SMILES string of the molecule is C[C@H](CNc1ccccc1)NC(=O)Nc1cccc(-c2nnco2)c1. The number of nitrogens with zero attached hydrogens (tertiary/aromatic N) is 2. The summed E-state index contributed by atoms with van der Waals surface area (Å²) in [5, 5.41) is 16.5. The normalized spacial score (nSPS) is 11.6. The van der Waals surface area contributed by atoms with E-state index in [1.807, 2.05) is 49.4 Å². The summed E-state index contributed by atoms with van der Waals surface area (Å²) in [4.78, 5) is 12.1. The number of hydrogen-bond donors (Lipinski definition) is 3. The Hall–Kier alpha value is -3.35. The van der Waals surface area contributed by atoms with Gasteiger partial charge in [-0.25, -0.2) is 4.79 Å². The number of aromatic nitrogens is 2. The van der Waals surface area contributed by atoms with Crippen LogP contribution in [0, 0.1) is 0 Å². The number of amides is 2. The van der Waals surface area contributed by atoms with Crippen LogP contribution in [0.4, 0.5) is 16.2 Å². The van der Waals surface area contributed by atoms with Gasteiger partial charge in [0.2, 0.25) is 12.3 Å². The van der Waals surface area contributed by atoms with Crippen molar-refractivity contribution in [1.82, 2.24) is 15.5 Å². The van der Waals surface area contributed by atoms with Crippen molar-refractivity contribution in [3.8, 4) is 11.5 Å². The Balaban J connectivity index is 1.51. The van der Waals surface area contributed by atoms with E-state index in [1.165, 1.54) is 6.39 Å². The molecule has 7 nitrogen and oxygen atoms in total. The molecule has 0 spiro atoms. The molecule has 1 heterocycles. The molecule has 3 N–H and O–H groups in total. The highest BCUT2D eigenvalue weighted by atomic mass is 16.4. The molecule has 1 aromatic heterocycles. The standard InChI is InChI=1S/C18H19N5O2/c1-13(11-19-15-7-3-2-4-8-15)21-18(24)22-16-9-5-6-14(10-16)17-23-20-12-25-17/h2-10,12-13,19H,11H2,1H3,(H2,21,22,24)/t13-/m1/s1. The molecule has 0 saturated carbocycles. The summed E-state index contributed by atoms with van der Waals surface area (Å²) in [5.74, 6) is 0.407. The molecular formula is C18H19N5O2. The van der Waals surface area contributed by atoms with E-state index >= 15 is 0 Å². The average molecular weight is 337 g/mol. The number of rotatable bonds is 6. The second-order valence-corrected chi connectivity index (χ2v) is 5.57. The van der Waals surface area contributed by atoms with E-state index in [0.29, 0.717) is 18.1 Å². The van der Waals surface area contributed by atoms with E-state index in [2.05, 4.69) is 26.1 Å². The molecule has 3 rings (SSSR count). The second-order valence-electron chi connectivity index (χ2n) is 5.57. The van der Waals surface area contributed by atoms with Gasteiger partial charge in [0, 0.05) is 29.5 Å². The first-order valence-electron chi connectivity index (χ1n) is 7.94. The number of para-hydroxylation sites is 1. The van der Waals surface area contributed by atoms with Gasteiger partial charge in [-0.3, -0.25) is 0 Å². The molecule has 7 heteroatoms. The lowest BCUT2D eigenvalue weighted by molar-refractivity contribution is 0.249. The highest BCUT2D eigenvalue weighted by molar-refractivity contribution is 5.90. The van der Waals surface area contributed by atoms with Crippen LogP contribution < -0.4 is 16.0 Å². The zero-order valence-corrected chi connectivity index (χ0v) is 13.8. The van der Waals surface area contributed by atoms with Gasteiger partial charge < -0.3 is 20.4 Å². The summed E-state index contributed by atoms with van der Waals surface area (Å²) >= 11 is 0. The average Bonchev–Trinajstić information content (AvgIpc) is 3.16. The van der Waals surface area contributed by atoms with E-state index in [9.17, 15) is 4.79 Å². The van der Waals surface area contributed by atoms with E-state index in [0.717, 1.165) is 11.3 Å². The fourth-order valence-corrected chi connectivity index (χ4v) is 2.30. The van der Waals surface area contributed by atoms with Gasteiger partial charge in [0.05, 0.1) is 0 Å². The van der Waals surface area contributed by atoms with E-state index in [-0.39, 0.29) is 12.1 Å². The molecule has 0 aliphatic heterocycles. The van der Waals surface area contributed by atoms with Crippen LogP contribution in [0.1, 0.15) is 6.92 Å². The number of carbonyl (C=O) groups is 1. The lowest BCUT2D eigenvalue weighted by atomic mass is 10.2. The summed E-state index contributed by atoms with van der Waals surface area (Å²) in [6, 6.07) is 16.8. The molecule has 1 atom stereocenters. The van der Waals surface area contributed by atoms with E-state index in [4.69, 9.17) is 4.42 Å². The second kappa shape index (κ2) is 7.96. The van der Waals surface area contributed by atoms with Gasteiger partial charge in [0.15, 0.2) is 0 Å². The summed E-state index contributed by atoms with van der Waals surface area (Å²) < 4.78 is 5.16. The largest absolute Gasteiger partial charge is 0.423 e.